The monoisotopic (exact) mass is 283 g/mol. The summed E-state index contributed by atoms with van der Waals surface area (Å²) in [7, 11) is 2.05. The lowest BCUT2D eigenvalue weighted by molar-refractivity contribution is -0.137. The van der Waals surface area contributed by atoms with Crippen molar-refractivity contribution in [1.82, 2.24) is 4.90 Å². The Morgan fingerprint density at radius 3 is 2.25 bits per heavy atom. The first-order valence-electron chi connectivity index (χ1n) is 6.90. The number of ether oxygens (including phenoxy) is 1. The smallest absolute Gasteiger partial charge is 0.263 e. The number of halogens is 2. The second-order valence-corrected chi connectivity index (χ2v) is 5.87. The number of hydrogen-bond donors (Lipinski definition) is 1. The van der Waals surface area contributed by atoms with Crippen LogP contribution >= 0.6 is 0 Å². The maximum Gasteiger partial charge on any atom is 0.263 e. The van der Waals surface area contributed by atoms with E-state index in [1.165, 1.54) is 12.1 Å². The molecule has 3 nitrogen and oxygen atoms in total. The van der Waals surface area contributed by atoms with Crippen LogP contribution in [0.25, 0.3) is 0 Å². The minimum Gasteiger partial charge on any atom is -0.385 e. The quantitative estimate of drug-likeness (QED) is 0.904. The minimum absolute atomic E-state index is 0.00574. The van der Waals surface area contributed by atoms with Gasteiger partial charge in [0.05, 0.1) is 18.8 Å². The predicted octanol–water partition coefficient (Wildman–Crippen LogP) is 2.30. The Hall–Kier alpha value is -1.04. The molecule has 0 aliphatic carbocycles. The molecule has 0 radical (unpaired) electrons. The summed E-state index contributed by atoms with van der Waals surface area (Å²) in [5.74, 6) is 0. The molecule has 2 atom stereocenters. The highest BCUT2D eigenvalue weighted by Crippen LogP contribution is 2.40. The van der Waals surface area contributed by atoms with Crippen LogP contribution in [0.1, 0.15) is 30.4 Å². The van der Waals surface area contributed by atoms with Gasteiger partial charge in [-0.2, -0.15) is 0 Å². The van der Waals surface area contributed by atoms with Crippen molar-refractivity contribution < 1.29 is 18.6 Å². The van der Waals surface area contributed by atoms with Gasteiger partial charge in [-0.1, -0.05) is 24.3 Å². The van der Waals surface area contributed by atoms with Crippen molar-refractivity contribution in [2.75, 3.05) is 20.3 Å². The number of benzene rings is 1. The van der Waals surface area contributed by atoms with E-state index in [2.05, 4.69) is 11.9 Å². The lowest BCUT2D eigenvalue weighted by Gasteiger charge is -2.50. The molecule has 2 aliphatic heterocycles. The topological polar surface area (TPSA) is 32.7 Å². The molecule has 3 rings (SSSR count). The Kier molecular flexibility index (Phi) is 3.52. The number of morpholine rings is 1. The standard InChI is InChI=1S/C15H19F2NO2/c1-18-12-6-15(19,7-13(18)9-20-8-12)11-4-2-10(3-5-11)14(16)17/h2-5,12-14,19H,6-9H2,1H3. The van der Waals surface area contributed by atoms with Crippen molar-refractivity contribution in [3.63, 3.8) is 0 Å². The molecular formula is C15H19F2NO2. The Balaban J connectivity index is 1.85. The first-order valence-corrected chi connectivity index (χ1v) is 6.90. The zero-order valence-electron chi connectivity index (χ0n) is 11.4. The van der Waals surface area contributed by atoms with Crippen molar-refractivity contribution >= 4 is 0 Å². The number of rotatable bonds is 2. The number of fused-ring (bicyclic) bond motifs is 2. The number of nitrogens with zero attached hydrogens (tertiary/aromatic N) is 1. The molecule has 110 valence electrons. The van der Waals surface area contributed by atoms with Gasteiger partial charge in [-0.05, 0) is 25.5 Å². The summed E-state index contributed by atoms with van der Waals surface area (Å²) >= 11 is 0. The molecule has 2 aliphatic rings. The fourth-order valence-electron chi connectivity index (χ4n) is 3.32. The molecule has 0 amide bonds. The fraction of sp³-hybridized carbons (Fsp3) is 0.600. The average molecular weight is 283 g/mol. The SMILES string of the molecule is CN1C2COCC1CC(O)(c1ccc(C(F)F)cc1)C2. The molecule has 1 aromatic rings. The van der Waals surface area contributed by atoms with Gasteiger partial charge < -0.3 is 9.84 Å². The summed E-state index contributed by atoms with van der Waals surface area (Å²) in [6.07, 6.45) is -1.31. The normalized spacial score (nSPS) is 34.5. The van der Waals surface area contributed by atoms with E-state index in [-0.39, 0.29) is 17.6 Å². The van der Waals surface area contributed by atoms with E-state index >= 15 is 0 Å². The van der Waals surface area contributed by atoms with E-state index in [4.69, 9.17) is 4.74 Å². The second kappa shape index (κ2) is 5.06. The average Bonchev–Trinajstić information content (AvgIpc) is 2.41. The van der Waals surface area contributed by atoms with Gasteiger partial charge in [0.25, 0.3) is 6.43 Å². The van der Waals surface area contributed by atoms with Crippen LogP contribution in [0.5, 0.6) is 0 Å². The molecule has 2 unspecified atom stereocenters. The maximum absolute atomic E-state index is 12.6. The molecule has 2 bridgehead atoms. The van der Waals surface area contributed by atoms with Crippen molar-refractivity contribution in [2.24, 2.45) is 0 Å². The lowest BCUT2D eigenvalue weighted by atomic mass is 9.77. The Labute approximate surface area is 117 Å². The molecule has 0 spiro atoms. The predicted molar refractivity (Wildman–Crippen MR) is 70.7 cm³/mol. The molecule has 2 heterocycles. The number of piperidine rings is 1. The molecular weight excluding hydrogens is 264 g/mol. The molecule has 0 aromatic heterocycles. The summed E-state index contributed by atoms with van der Waals surface area (Å²) in [4.78, 5) is 2.26. The van der Waals surface area contributed by atoms with Gasteiger partial charge in [0.1, 0.15) is 0 Å². The van der Waals surface area contributed by atoms with Crippen molar-refractivity contribution in [3.8, 4) is 0 Å². The van der Waals surface area contributed by atoms with E-state index in [9.17, 15) is 13.9 Å². The van der Waals surface area contributed by atoms with Crippen LogP contribution in [-0.2, 0) is 10.3 Å². The first kappa shape index (κ1) is 13.9. The van der Waals surface area contributed by atoms with E-state index < -0.39 is 12.0 Å². The highest BCUT2D eigenvalue weighted by molar-refractivity contribution is 5.29. The third-order valence-electron chi connectivity index (χ3n) is 4.62. The van der Waals surface area contributed by atoms with E-state index in [1.54, 1.807) is 12.1 Å². The van der Waals surface area contributed by atoms with Crippen LogP contribution in [0, 0.1) is 0 Å². The fourth-order valence-corrected chi connectivity index (χ4v) is 3.32. The van der Waals surface area contributed by atoms with Gasteiger partial charge in [-0.25, -0.2) is 8.78 Å². The van der Waals surface area contributed by atoms with Gasteiger partial charge in [-0.15, -0.1) is 0 Å². The highest BCUT2D eigenvalue weighted by atomic mass is 19.3. The summed E-state index contributed by atoms with van der Waals surface area (Å²) < 4.78 is 30.7. The summed E-state index contributed by atoms with van der Waals surface area (Å²) in [5.41, 5.74) is -0.215. The van der Waals surface area contributed by atoms with Crippen LogP contribution in [-0.4, -0.2) is 42.4 Å². The van der Waals surface area contributed by atoms with E-state index in [0.717, 1.165) is 5.56 Å². The Morgan fingerprint density at radius 1 is 1.20 bits per heavy atom. The van der Waals surface area contributed by atoms with E-state index in [1.807, 2.05) is 0 Å². The van der Waals surface area contributed by atoms with E-state index in [0.29, 0.717) is 26.1 Å². The minimum atomic E-state index is -2.47. The first-order chi connectivity index (χ1) is 9.49. The van der Waals surface area contributed by atoms with Crippen LogP contribution in [0.15, 0.2) is 24.3 Å². The number of alkyl halides is 2. The third kappa shape index (κ3) is 2.34. The van der Waals surface area contributed by atoms with Gasteiger partial charge in [0, 0.05) is 17.6 Å². The van der Waals surface area contributed by atoms with Crippen LogP contribution in [0.3, 0.4) is 0 Å². The number of likely N-dealkylation sites (N-methyl/N-ethyl adjacent to an activating group) is 1. The third-order valence-corrected chi connectivity index (χ3v) is 4.62. The van der Waals surface area contributed by atoms with Gasteiger partial charge in [0.2, 0.25) is 0 Å². The summed E-state index contributed by atoms with van der Waals surface area (Å²) in [5, 5.41) is 10.9. The molecule has 20 heavy (non-hydrogen) atoms. The van der Waals surface area contributed by atoms with Gasteiger partial charge in [-0.3, -0.25) is 4.90 Å². The molecule has 2 fully saturated rings. The second-order valence-electron chi connectivity index (χ2n) is 5.87. The van der Waals surface area contributed by atoms with Crippen molar-refractivity contribution in [3.05, 3.63) is 35.4 Å². The largest absolute Gasteiger partial charge is 0.385 e. The van der Waals surface area contributed by atoms with Crippen molar-refractivity contribution in [2.45, 2.75) is 37.0 Å². The van der Waals surface area contributed by atoms with Gasteiger partial charge in [0.15, 0.2) is 0 Å². The molecule has 5 heteroatoms. The zero-order chi connectivity index (χ0) is 14.3. The Bertz CT molecular complexity index is 463. The van der Waals surface area contributed by atoms with Gasteiger partial charge >= 0.3 is 0 Å². The number of aliphatic hydroxyl groups is 1. The Morgan fingerprint density at radius 2 is 1.75 bits per heavy atom. The number of hydrogen-bond acceptors (Lipinski definition) is 3. The maximum atomic E-state index is 12.6. The molecule has 0 saturated carbocycles. The summed E-state index contributed by atoms with van der Waals surface area (Å²) in [6, 6.07) is 6.43. The van der Waals surface area contributed by atoms with Crippen LogP contribution in [0.4, 0.5) is 8.78 Å². The molecule has 1 aromatic carbocycles. The zero-order valence-corrected chi connectivity index (χ0v) is 11.4. The lowest BCUT2D eigenvalue weighted by Crippen LogP contribution is -2.59. The van der Waals surface area contributed by atoms with Crippen LogP contribution in [0.2, 0.25) is 0 Å². The molecule has 2 saturated heterocycles. The summed E-state index contributed by atoms with van der Waals surface area (Å²) in [6.45, 7) is 1.23. The van der Waals surface area contributed by atoms with Crippen LogP contribution < -0.4 is 0 Å². The highest BCUT2D eigenvalue weighted by Gasteiger charge is 2.45. The van der Waals surface area contributed by atoms with Crippen molar-refractivity contribution in [1.29, 1.82) is 0 Å². The molecule has 1 N–H and O–H groups in total.